The van der Waals surface area contributed by atoms with Crippen LogP contribution in [0, 0.1) is 0 Å². The van der Waals surface area contributed by atoms with E-state index in [9.17, 15) is 14.4 Å². The van der Waals surface area contributed by atoms with Crippen molar-refractivity contribution in [1.29, 1.82) is 0 Å². The number of hydrogen-bond acceptors (Lipinski definition) is 4. The number of nitrogens with one attached hydrogen (secondary N) is 2. The molecule has 29 heavy (non-hydrogen) atoms. The number of hydrazine groups is 1. The van der Waals surface area contributed by atoms with Crippen LogP contribution in [0.2, 0.25) is 0 Å². The van der Waals surface area contributed by atoms with Crippen LogP contribution in [-0.2, 0) is 17.8 Å². The molecule has 0 atom stereocenters. The van der Waals surface area contributed by atoms with Crippen LogP contribution in [0.3, 0.4) is 0 Å². The summed E-state index contributed by atoms with van der Waals surface area (Å²) < 4.78 is 1.22. The van der Waals surface area contributed by atoms with Crippen LogP contribution in [0.15, 0.2) is 59.4 Å². The maximum absolute atomic E-state index is 12.6. The van der Waals surface area contributed by atoms with Crippen LogP contribution in [0.4, 0.5) is 0 Å². The second-order valence-electron chi connectivity index (χ2n) is 6.39. The second-order valence-corrected chi connectivity index (χ2v) is 6.39. The molecule has 1 aromatic heterocycles. The highest BCUT2D eigenvalue weighted by Crippen LogP contribution is 2.13. The topological polar surface area (TPSA) is 93.1 Å². The summed E-state index contributed by atoms with van der Waals surface area (Å²) in [5.41, 5.74) is 6.59. The van der Waals surface area contributed by atoms with Crippen molar-refractivity contribution in [2.24, 2.45) is 0 Å². The zero-order valence-corrected chi connectivity index (χ0v) is 16.3. The minimum absolute atomic E-state index is 0.0708. The molecular formula is C22H22N4O3. The molecule has 148 valence electrons. The summed E-state index contributed by atoms with van der Waals surface area (Å²) in [5.74, 6) is -1.08. The Balaban J connectivity index is 1.72. The lowest BCUT2D eigenvalue weighted by atomic mass is 10.1. The molecule has 0 aliphatic heterocycles. The Bertz CT molecular complexity index is 1130. The quantitative estimate of drug-likeness (QED) is 0.517. The summed E-state index contributed by atoms with van der Waals surface area (Å²) in [6.07, 6.45) is 3.94. The van der Waals surface area contributed by atoms with E-state index in [1.54, 1.807) is 37.3 Å². The molecule has 0 aliphatic rings. The molecule has 2 amide bonds. The minimum Gasteiger partial charge on any atom is -0.268 e. The molecule has 0 saturated carbocycles. The summed E-state index contributed by atoms with van der Waals surface area (Å²) in [6.45, 7) is 4.17. The SMILES string of the molecule is CCc1ccc(/C=C/C(=O)NNC(=O)c2nn(CC)c(=O)c3ccccc23)cc1. The van der Waals surface area contributed by atoms with Gasteiger partial charge in [0.25, 0.3) is 17.4 Å². The number of hydrogen-bond donors (Lipinski definition) is 2. The van der Waals surface area contributed by atoms with Gasteiger partial charge in [0.1, 0.15) is 0 Å². The lowest BCUT2D eigenvalue weighted by Crippen LogP contribution is -2.42. The van der Waals surface area contributed by atoms with Gasteiger partial charge in [-0.3, -0.25) is 25.2 Å². The van der Waals surface area contributed by atoms with Gasteiger partial charge in [-0.2, -0.15) is 5.10 Å². The Morgan fingerprint density at radius 1 is 1.00 bits per heavy atom. The number of carbonyl (C=O) groups excluding carboxylic acids is 2. The number of aromatic nitrogens is 2. The van der Waals surface area contributed by atoms with E-state index in [0.29, 0.717) is 17.3 Å². The fourth-order valence-corrected chi connectivity index (χ4v) is 2.87. The van der Waals surface area contributed by atoms with Crippen LogP contribution in [0.25, 0.3) is 16.8 Å². The molecule has 0 aliphatic carbocycles. The smallest absolute Gasteiger partial charge is 0.268 e. The van der Waals surface area contributed by atoms with Gasteiger partial charge in [-0.05, 0) is 36.6 Å². The Kier molecular flexibility index (Phi) is 6.19. The summed E-state index contributed by atoms with van der Waals surface area (Å²) in [5, 5.41) is 4.96. The summed E-state index contributed by atoms with van der Waals surface area (Å²) in [6, 6.07) is 14.6. The van der Waals surface area contributed by atoms with Crippen molar-refractivity contribution in [2.45, 2.75) is 26.8 Å². The van der Waals surface area contributed by atoms with Gasteiger partial charge in [0.15, 0.2) is 5.69 Å². The fraction of sp³-hybridized carbons (Fsp3) is 0.182. The molecule has 0 bridgehead atoms. The molecule has 2 N–H and O–H groups in total. The second kappa shape index (κ2) is 8.97. The molecule has 0 spiro atoms. The summed E-state index contributed by atoms with van der Waals surface area (Å²) in [4.78, 5) is 36.9. The van der Waals surface area contributed by atoms with Crippen LogP contribution >= 0.6 is 0 Å². The maximum atomic E-state index is 12.6. The summed E-state index contributed by atoms with van der Waals surface area (Å²) in [7, 11) is 0. The van der Waals surface area contributed by atoms with E-state index in [0.717, 1.165) is 12.0 Å². The highest BCUT2D eigenvalue weighted by molar-refractivity contribution is 6.05. The van der Waals surface area contributed by atoms with Crippen LogP contribution in [0.1, 0.15) is 35.5 Å². The number of nitrogens with zero attached hydrogens (tertiary/aromatic N) is 2. The number of fused-ring (bicyclic) bond motifs is 1. The van der Waals surface area contributed by atoms with E-state index in [1.807, 2.05) is 24.3 Å². The average molecular weight is 390 g/mol. The van der Waals surface area contributed by atoms with Gasteiger partial charge in [-0.1, -0.05) is 49.4 Å². The number of amides is 2. The highest BCUT2D eigenvalue weighted by atomic mass is 16.2. The van der Waals surface area contributed by atoms with Crippen molar-refractivity contribution in [1.82, 2.24) is 20.6 Å². The molecule has 2 aromatic carbocycles. The first-order valence-corrected chi connectivity index (χ1v) is 9.40. The van der Waals surface area contributed by atoms with Gasteiger partial charge >= 0.3 is 0 Å². The molecule has 7 heteroatoms. The predicted molar refractivity (Wildman–Crippen MR) is 112 cm³/mol. The molecular weight excluding hydrogens is 368 g/mol. The first-order chi connectivity index (χ1) is 14.0. The van der Waals surface area contributed by atoms with E-state index in [1.165, 1.54) is 16.3 Å². The summed E-state index contributed by atoms with van der Waals surface area (Å²) >= 11 is 0. The van der Waals surface area contributed by atoms with Crippen molar-refractivity contribution >= 4 is 28.7 Å². The van der Waals surface area contributed by atoms with Crippen LogP contribution < -0.4 is 16.4 Å². The van der Waals surface area contributed by atoms with E-state index < -0.39 is 11.8 Å². The number of carbonyl (C=O) groups is 2. The van der Waals surface area contributed by atoms with Crippen molar-refractivity contribution in [3.8, 4) is 0 Å². The molecule has 0 saturated heterocycles. The molecule has 3 rings (SSSR count). The Morgan fingerprint density at radius 3 is 2.34 bits per heavy atom. The van der Waals surface area contributed by atoms with Gasteiger partial charge in [0.05, 0.1) is 5.39 Å². The van der Waals surface area contributed by atoms with Crippen LogP contribution in [0.5, 0.6) is 0 Å². The largest absolute Gasteiger partial charge is 0.290 e. The van der Waals surface area contributed by atoms with Gasteiger partial charge in [-0.15, -0.1) is 0 Å². The molecule has 0 unspecified atom stereocenters. The first-order valence-electron chi connectivity index (χ1n) is 9.40. The molecule has 0 fully saturated rings. The maximum Gasteiger partial charge on any atom is 0.290 e. The zero-order valence-electron chi connectivity index (χ0n) is 16.3. The minimum atomic E-state index is -0.600. The fourth-order valence-electron chi connectivity index (χ4n) is 2.87. The Morgan fingerprint density at radius 2 is 1.69 bits per heavy atom. The van der Waals surface area contributed by atoms with E-state index in [-0.39, 0.29) is 11.3 Å². The first kappa shape index (κ1) is 20.0. The van der Waals surface area contributed by atoms with E-state index in [2.05, 4.69) is 22.9 Å². The number of rotatable bonds is 5. The van der Waals surface area contributed by atoms with Crippen molar-refractivity contribution in [3.05, 3.63) is 81.8 Å². The third-order valence-corrected chi connectivity index (χ3v) is 4.50. The van der Waals surface area contributed by atoms with Gasteiger partial charge in [-0.25, -0.2) is 4.68 Å². The monoisotopic (exact) mass is 390 g/mol. The average Bonchev–Trinajstić information content (AvgIpc) is 2.76. The van der Waals surface area contributed by atoms with E-state index in [4.69, 9.17) is 0 Å². The molecule has 0 radical (unpaired) electrons. The molecule has 7 nitrogen and oxygen atoms in total. The zero-order chi connectivity index (χ0) is 20.8. The van der Waals surface area contributed by atoms with Gasteiger partial charge < -0.3 is 0 Å². The Labute approximate surface area is 168 Å². The molecule has 1 heterocycles. The number of aryl methyl sites for hydroxylation is 2. The van der Waals surface area contributed by atoms with Crippen molar-refractivity contribution in [2.75, 3.05) is 0 Å². The van der Waals surface area contributed by atoms with Gasteiger partial charge in [0, 0.05) is 18.0 Å². The lowest BCUT2D eigenvalue weighted by Gasteiger charge is -2.10. The van der Waals surface area contributed by atoms with Crippen molar-refractivity contribution < 1.29 is 9.59 Å². The van der Waals surface area contributed by atoms with Crippen molar-refractivity contribution in [3.63, 3.8) is 0 Å². The normalized spacial score (nSPS) is 11.0. The standard InChI is InChI=1S/C22H22N4O3/c1-3-15-9-11-16(12-10-15)13-14-19(27)23-24-21(28)20-17-7-5-6-8-18(17)22(29)26(4-2)25-20/h5-14H,3-4H2,1-2H3,(H,23,27)(H,24,28)/b14-13+. The van der Waals surface area contributed by atoms with Crippen LogP contribution in [-0.4, -0.2) is 21.6 Å². The highest BCUT2D eigenvalue weighted by Gasteiger charge is 2.16. The Hall–Kier alpha value is -3.74. The van der Waals surface area contributed by atoms with E-state index >= 15 is 0 Å². The van der Waals surface area contributed by atoms with Gasteiger partial charge in [0.2, 0.25) is 0 Å². The molecule has 3 aromatic rings. The number of benzene rings is 2. The third-order valence-electron chi connectivity index (χ3n) is 4.50. The lowest BCUT2D eigenvalue weighted by molar-refractivity contribution is -0.117. The predicted octanol–water partition coefficient (Wildman–Crippen LogP) is 2.45. The third kappa shape index (κ3) is 4.57.